The predicted octanol–water partition coefficient (Wildman–Crippen LogP) is 10.7. The lowest BCUT2D eigenvalue weighted by Crippen LogP contribution is -2.51. The molecule has 0 saturated carbocycles. The molecule has 3 fully saturated rings. The lowest BCUT2D eigenvalue weighted by atomic mass is 9.79. The van der Waals surface area contributed by atoms with Crippen LogP contribution in [0.5, 0.6) is 34.5 Å². The van der Waals surface area contributed by atoms with Crippen molar-refractivity contribution in [2.24, 2.45) is 70.4 Å². The van der Waals surface area contributed by atoms with Crippen molar-refractivity contribution in [3.8, 4) is 34.5 Å². The van der Waals surface area contributed by atoms with Crippen molar-refractivity contribution >= 4 is 17.9 Å². The molecule has 0 bridgehead atoms. The van der Waals surface area contributed by atoms with Crippen LogP contribution in [0.25, 0.3) is 0 Å². The van der Waals surface area contributed by atoms with E-state index in [-0.39, 0.29) is 108 Å². The fourth-order valence-corrected chi connectivity index (χ4v) is 11.1. The van der Waals surface area contributed by atoms with Gasteiger partial charge in [-0.3, -0.25) is 29.1 Å². The first-order valence-electron chi connectivity index (χ1n) is 46.6. The van der Waals surface area contributed by atoms with Crippen LogP contribution in [0.15, 0.2) is 36.3 Å². The molecule has 6 heterocycles. The van der Waals surface area contributed by atoms with Gasteiger partial charge in [-0.25, -0.2) is 0 Å². The van der Waals surface area contributed by atoms with E-state index >= 15 is 0 Å². The lowest BCUT2D eigenvalue weighted by Gasteiger charge is -2.47. The number of hydrogen-bond acceptors (Lipinski definition) is 18. The predicted molar refractivity (Wildman–Crippen MR) is 353 cm³/mol. The van der Waals surface area contributed by atoms with Gasteiger partial charge in [0, 0.05) is 119 Å². The minimum absolute atomic E-state index is 0.0157. The number of fused-ring (bicyclic) bond motifs is 9. The minimum Gasteiger partial charge on any atom is -0.493 e. The second-order valence-corrected chi connectivity index (χ2v) is 23.8. The topological polar surface area (TPSA) is 222 Å². The largest absolute Gasteiger partial charge is 0.493 e. The van der Waals surface area contributed by atoms with E-state index in [1.165, 1.54) is 43.1 Å². The van der Waals surface area contributed by atoms with E-state index in [0.717, 1.165) is 27.9 Å². The van der Waals surface area contributed by atoms with Crippen LogP contribution in [0.4, 0.5) is 0 Å². The lowest BCUT2D eigenvalue weighted by molar-refractivity contribution is -0.161. The van der Waals surface area contributed by atoms with Crippen LogP contribution in [-0.2, 0) is 47.9 Å². The molecule has 0 aliphatic carbocycles. The molecule has 6 aliphatic rings. The number of rotatable bonds is 21. The fourth-order valence-electron chi connectivity index (χ4n) is 11.1. The Bertz CT molecular complexity index is 4260. The first-order chi connectivity index (χ1) is 55.5. The maximum atomic E-state index is 13.1. The Morgan fingerprint density at radius 1 is 0.478 bits per heavy atom. The van der Waals surface area contributed by atoms with Crippen LogP contribution in [-0.4, -0.2) is 151 Å². The van der Waals surface area contributed by atoms with Gasteiger partial charge < -0.3 is 59.8 Å². The van der Waals surface area contributed by atoms with Gasteiger partial charge in [0.05, 0.1) is 63.1 Å². The first-order valence-corrected chi connectivity index (χ1v) is 30.1. The molecule has 18 heteroatoms. The van der Waals surface area contributed by atoms with Gasteiger partial charge in [-0.15, -0.1) is 0 Å². The van der Waals surface area contributed by atoms with Gasteiger partial charge in [-0.05, 0) is 143 Å². The summed E-state index contributed by atoms with van der Waals surface area (Å²) in [6, 6.07) is -11.3. The quantitative estimate of drug-likeness (QED) is 0.0666. The Balaban J connectivity index is 0.000000254. The number of benzene rings is 3. The third kappa shape index (κ3) is 17.5. The third-order valence-electron chi connectivity index (χ3n) is 16.3. The van der Waals surface area contributed by atoms with E-state index in [9.17, 15) is 22.6 Å². The van der Waals surface area contributed by atoms with Crippen LogP contribution < -0.4 is 45.6 Å². The number of carbonyl (C=O) groups is 3. The Morgan fingerprint density at radius 2 is 0.733 bits per heavy atom. The average Bonchev–Trinajstić information content (AvgIpc) is 0.704. The summed E-state index contributed by atoms with van der Waals surface area (Å²) in [7, 11) is 3.38. The summed E-state index contributed by atoms with van der Waals surface area (Å²) in [5.41, 5.74) is 18.5. The molecule has 0 aromatic heterocycles. The number of carbonyl (C=O) groups excluding carboxylic acids is 3. The minimum atomic E-state index is -3.15. The van der Waals surface area contributed by atoms with Crippen molar-refractivity contribution in [2.45, 2.75) is 195 Å². The molecule has 3 aromatic carbocycles. The van der Waals surface area contributed by atoms with Crippen molar-refractivity contribution in [1.82, 2.24) is 14.7 Å². The average molecular weight is 1290 g/mol. The van der Waals surface area contributed by atoms with Gasteiger partial charge in [0.25, 0.3) is 0 Å². The zero-order chi connectivity index (χ0) is 94.9. The van der Waals surface area contributed by atoms with E-state index < -0.39 is 235 Å². The van der Waals surface area contributed by atoms with Crippen LogP contribution in [0, 0.1) is 53.2 Å². The molecule has 18 nitrogen and oxygen atoms in total. The summed E-state index contributed by atoms with van der Waals surface area (Å²) in [6.45, 7) is 1.97. The van der Waals surface area contributed by atoms with Crippen molar-refractivity contribution in [2.75, 3.05) is 81.9 Å². The first kappa shape index (κ1) is 38.7. The summed E-state index contributed by atoms with van der Waals surface area (Å²) < 4.78 is 330. The summed E-state index contributed by atoms with van der Waals surface area (Å²) in [6.07, 6.45) is -18.5. The molecule has 15 atom stereocenters. The Labute approximate surface area is 585 Å². The molecule has 90 heavy (non-hydrogen) atoms. The van der Waals surface area contributed by atoms with E-state index in [4.69, 9.17) is 96.8 Å². The van der Waals surface area contributed by atoms with Crippen molar-refractivity contribution in [3.63, 3.8) is 0 Å². The van der Waals surface area contributed by atoms with E-state index in [1.807, 2.05) is 0 Å². The molecule has 0 amide bonds. The Kier molecular flexibility index (Phi) is 14.0. The highest BCUT2D eigenvalue weighted by Crippen LogP contribution is 2.48. The van der Waals surface area contributed by atoms with Crippen molar-refractivity contribution < 1.29 is 102 Å². The monoisotopic (exact) mass is 1290 g/mol. The third-order valence-corrected chi connectivity index (χ3v) is 16.3. The number of nitrogens with zero attached hydrogens (tertiary/aromatic N) is 3. The zero-order valence-electron chi connectivity index (χ0n) is 87.2. The van der Waals surface area contributed by atoms with Gasteiger partial charge >= 0.3 is 17.9 Å². The van der Waals surface area contributed by atoms with E-state index in [2.05, 4.69) is 0 Å². The molecule has 504 valence electrons. The second-order valence-electron chi connectivity index (χ2n) is 23.8. The Morgan fingerprint density at radius 3 is 0.967 bits per heavy atom. The second kappa shape index (κ2) is 32.5. The molecule has 6 N–H and O–H groups in total. The van der Waals surface area contributed by atoms with Crippen molar-refractivity contribution in [3.05, 3.63) is 69.6 Å². The highest BCUT2D eigenvalue weighted by Gasteiger charge is 2.45. The van der Waals surface area contributed by atoms with Gasteiger partial charge in [0.15, 0.2) is 34.5 Å². The Hall–Kier alpha value is -5.37. The zero-order valence-corrected chi connectivity index (χ0v) is 54.2. The molecule has 12 unspecified atom stereocenters. The van der Waals surface area contributed by atoms with Crippen LogP contribution in [0.1, 0.15) is 218 Å². The number of esters is 3. The molecular formula is C72H114N6O12. The summed E-state index contributed by atoms with van der Waals surface area (Å²) in [4.78, 5) is 43.6. The summed E-state index contributed by atoms with van der Waals surface area (Å²) in [5.74, 6) is -18.9. The molecule has 0 radical (unpaired) electrons. The van der Waals surface area contributed by atoms with Gasteiger partial charge in [0.2, 0.25) is 0 Å². The highest BCUT2D eigenvalue weighted by molar-refractivity contribution is 5.77. The maximum absolute atomic E-state index is 13.1. The van der Waals surface area contributed by atoms with Crippen LogP contribution >= 0.6 is 0 Å². The standard InChI is InChI=1S/3C24H38N2O4/c3*1-14(2)9-17-13-26-8-7-16-10-21(28-5)22(29-6)11-18(16)19(26)12-20(17)30-24(27)23(25)15(3)4/h3*10-11,14-15,17,19-20,23H,7-9,12-13,25H2,1-6H3/t3*17?,19?,20?,23-/m000/s1/i1D3,5D3,9D2,10D,11D,14D,19D,20D;2*1D3,9D2,10D,11D,14D,19D,20D/t3*14?,17?,19?,20?,23-. The molecular weight excluding hydrogens is 1140 g/mol. The fraction of sp³-hybridized carbons (Fsp3) is 0.708. The van der Waals surface area contributed by atoms with Gasteiger partial charge in [0.1, 0.15) is 36.4 Å². The number of piperidine rings is 3. The number of nitrogens with two attached hydrogens (primary N) is 3. The molecule has 0 spiro atoms. The number of hydrogen-bond donors (Lipinski definition) is 3. The SMILES string of the molecule is [2H]c1c2c(c([2H])c(OC)c1OC([2H])([2H])[2H])C1([2H])CC([2H])(OC(=O)[C@@H](N)C(C)C)C(C([2H])([2H])C([2H])(C)C([2H])([2H])[2H])CN1CC2.[2H]c1c2c(c([2H])c(OC)c1OC)C1([2H])CC([2H])(OC(=O)[C@@H](N)C(C)C)C(C([2H])([2H])C([2H])(C)C([2H])([2H])[2H])CN1CC2.[2H]c1c2c(c([2H])c(OC)c1OC)C1([2H])CC([2H])(OC(=O)[C@@H](N)C(C)C)C(C([2H])([2H])C([2H])(C)C([2H])([2H])[2H])CN1CC2. The van der Waals surface area contributed by atoms with Gasteiger partial charge in [-0.2, -0.15) is 0 Å². The van der Waals surface area contributed by atoms with Crippen LogP contribution in [0.2, 0.25) is 0 Å². The maximum Gasteiger partial charge on any atom is 0.323 e. The number of methoxy groups -OCH3 is 6. The molecule has 9 rings (SSSR count). The molecule has 3 saturated heterocycles. The normalized spacial score (nSPS) is 38.1. The van der Waals surface area contributed by atoms with E-state index in [1.54, 1.807) is 41.5 Å². The van der Waals surface area contributed by atoms with Gasteiger partial charge in [-0.1, -0.05) is 82.9 Å². The summed E-state index contributed by atoms with van der Waals surface area (Å²) in [5, 5.41) is 0. The number of ether oxygens (including phenoxy) is 9. The van der Waals surface area contributed by atoms with Crippen LogP contribution in [0.3, 0.4) is 0 Å². The molecule has 3 aromatic rings. The van der Waals surface area contributed by atoms with Crippen molar-refractivity contribution in [1.29, 1.82) is 0 Å². The molecule has 6 aliphatic heterocycles. The van der Waals surface area contributed by atoms with E-state index in [0.29, 0.717) is 11.1 Å². The smallest absolute Gasteiger partial charge is 0.323 e. The highest BCUT2D eigenvalue weighted by atomic mass is 16.6. The summed E-state index contributed by atoms with van der Waals surface area (Å²) >= 11 is 0.